The molecule has 0 aliphatic rings. The van der Waals surface area contributed by atoms with Gasteiger partial charge >= 0.3 is 29.6 Å². The standard InChI is InChI=1S/Cu.Na.H2O3S.H/c;;1-4(2)3;/h;;(H2,1,2,3);. The van der Waals surface area contributed by atoms with Gasteiger partial charge in [0, 0.05) is 17.1 Å². The van der Waals surface area contributed by atoms with Crippen molar-refractivity contribution in [3.05, 3.63) is 0 Å². The van der Waals surface area contributed by atoms with Crippen molar-refractivity contribution < 1.29 is 30.4 Å². The molecule has 1 radical (unpaired) electrons. The van der Waals surface area contributed by atoms with E-state index in [1.807, 2.05) is 0 Å². The third-order valence-corrected chi connectivity index (χ3v) is 0. The Bertz CT molecular complexity index is 33.8. The van der Waals surface area contributed by atoms with Gasteiger partial charge in [0.1, 0.15) is 0 Å². The molecular formula is H3CuNaO3S. The van der Waals surface area contributed by atoms with Gasteiger partial charge in [0.2, 0.25) is 0 Å². The summed E-state index contributed by atoms with van der Waals surface area (Å²) in [7, 11) is 0. The molecule has 3 nitrogen and oxygen atoms in total. The van der Waals surface area contributed by atoms with Gasteiger partial charge in [-0.3, -0.25) is 9.11 Å². The van der Waals surface area contributed by atoms with Crippen LogP contribution in [0, 0.1) is 0 Å². The van der Waals surface area contributed by atoms with Crippen LogP contribution in [0.2, 0.25) is 0 Å². The SMILES string of the molecule is O=S(O)O.[Cu].[NaH]. The maximum atomic E-state index is 8.67. The molecule has 0 amide bonds. The molecule has 0 bridgehead atoms. The van der Waals surface area contributed by atoms with Crippen molar-refractivity contribution in [2.24, 2.45) is 0 Å². The normalized spacial score (nSPS) is 5.83. The zero-order valence-corrected chi connectivity index (χ0v) is 3.77. The summed E-state index contributed by atoms with van der Waals surface area (Å²) in [6, 6.07) is 0. The summed E-state index contributed by atoms with van der Waals surface area (Å²) in [6.07, 6.45) is 0. The molecule has 0 aliphatic carbocycles. The van der Waals surface area contributed by atoms with E-state index in [0.29, 0.717) is 0 Å². The molecule has 0 saturated heterocycles. The third kappa shape index (κ3) is 46.6. The van der Waals surface area contributed by atoms with E-state index in [9.17, 15) is 0 Å². The van der Waals surface area contributed by atoms with Gasteiger partial charge in [0.15, 0.2) is 0 Å². The zero-order valence-electron chi connectivity index (χ0n) is 2.01. The van der Waals surface area contributed by atoms with Crippen LogP contribution in [0.4, 0.5) is 0 Å². The number of rotatable bonds is 0. The fraction of sp³-hybridized carbons (Fsp3) is 0. The van der Waals surface area contributed by atoms with Crippen molar-refractivity contribution in [2.75, 3.05) is 0 Å². The molecule has 0 aromatic carbocycles. The van der Waals surface area contributed by atoms with Crippen LogP contribution in [0.3, 0.4) is 0 Å². The fourth-order valence-corrected chi connectivity index (χ4v) is 0. The van der Waals surface area contributed by atoms with Crippen LogP contribution in [-0.4, -0.2) is 42.9 Å². The second kappa shape index (κ2) is 9.77. The van der Waals surface area contributed by atoms with Crippen molar-refractivity contribution in [3.8, 4) is 0 Å². The summed E-state index contributed by atoms with van der Waals surface area (Å²) >= 11 is -2.61. The summed E-state index contributed by atoms with van der Waals surface area (Å²) in [4.78, 5) is 0. The number of hydrogen-bond acceptors (Lipinski definition) is 1. The Balaban J connectivity index is -0.0000000450. The van der Waals surface area contributed by atoms with Crippen molar-refractivity contribution in [2.45, 2.75) is 0 Å². The predicted molar refractivity (Wildman–Crippen MR) is 20.5 cm³/mol. The van der Waals surface area contributed by atoms with E-state index in [4.69, 9.17) is 13.3 Å². The Hall–Kier alpha value is 1.59. The van der Waals surface area contributed by atoms with Gasteiger partial charge in [-0.1, -0.05) is 0 Å². The second-order valence-electron chi connectivity index (χ2n) is 0.231. The molecule has 0 aliphatic heterocycles. The van der Waals surface area contributed by atoms with Gasteiger partial charge in [-0.15, -0.1) is 0 Å². The van der Waals surface area contributed by atoms with Gasteiger partial charge in [-0.05, 0) is 0 Å². The average molecular weight is 170 g/mol. The molecule has 2 N–H and O–H groups in total. The van der Waals surface area contributed by atoms with Gasteiger partial charge in [0.25, 0.3) is 11.4 Å². The van der Waals surface area contributed by atoms with Crippen LogP contribution < -0.4 is 0 Å². The predicted octanol–water partition coefficient (Wildman–Crippen LogP) is -0.970. The topological polar surface area (TPSA) is 57.5 Å². The molecule has 0 aromatic rings. The van der Waals surface area contributed by atoms with Crippen LogP contribution in [0.25, 0.3) is 0 Å². The maximum absolute atomic E-state index is 8.67. The summed E-state index contributed by atoms with van der Waals surface area (Å²) in [5, 5.41) is 0. The van der Waals surface area contributed by atoms with Crippen molar-refractivity contribution in [1.29, 1.82) is 0 Å². The fourth-order valence-electron chi connectivity index (χ4n) is 0. The molecule has 0 spiro atoms. The molecule has 0 heterocycles. The first-order valence-corrected chi connectivity index (χ1v) is 1.60. The van der Waals surface area contributed by atoms with Crippen molar-refractivity contribution in [3.63, 3.8) is 0 Å². The van der Waals surface area contributed by atoms with Crippen LogP contribution >= 0.6 is 0 Å². The molecule has 0 fully saturated rings. The van der Waals surface area contributed by atoms with Crippen LogP contribution in [0.5, 0.6) is 0 Å². The molecule has 0 rings (SSSR count). The molecule has 39 valence electrons. The van der Waals surface area contributed by atoms with E-state index in [-0.39, 0.29) is 46.6 Å². The summed E-state index contributed by atoms with van der Waals surface area (Å²) in [5.74, 6) is 0. The first-order valence-electron chi connectivity index (χ1n) is 0.532. The van der Waals surface area contributed by atoms with Crippen molar-refractivity contribution >= 4 is 40.9 Å². The summed E-state index contributed by atoms with van der Waals surface area (Å²) in [6.45, 7) is 0. The Kier molecular flexibility index (Phi) is 25.5. The molecule has 6 heavy (non-hydrogen) atoms. The van der Waals surface area contributed by atoms with Crippen LogP contribution in [0.15, 0.2) is 0 Å². The molecular weight excluding hydrogens is 167 g/mol. The monoisotopic (exact) mass is 169 g/mol. The van der Waals surface area contributed by atoms with E-state index in [1.54, 1.807) is 0 Å². The minimum atomic E-state index is -2.61. The molecule has 0 atom stereocenters. The first-order chi connectivity index (χ1) is 1.73. The minimum absolute atomic E-state index is 0. The molecule has 0 unspecified atom stereocenters. The average Bonchev–Trinajstić information content (AvgIpc) is 0.811. The third-order valence-electron chi connectivity index (χ3n) is 0. The summed E-state index contributed by atoms with van der Waals surface area (Å²) in [5.41, 5.74) is 0. The Labute approximate surface area is 70.8 Å². The van der Waals surface area contributed by atoms with E-state index in [2.05, 4.69) is 0 Å². The van der Waals surface area contributed by atoms with Crippen LogP contribution in [-0.2, 0) is 28.4 Å². The van der Waals surface area contributed by atoms with Crippen LogP contribution in [0.1, 0.15) is 0 Å². The van der Waals surface area contributed by atoms with E-state index in [0.717, 1.165) is 0 Å². The van der Waals surface area contributed by atoms with E-state index in [1.165, 1.54) is 0 Å². The van der Waals surface area contributed by atoms with E-state index >= 15 is 0 Å². The molecule has 0 aromatic heterocycles. The summed E-state index contributed by atoms with van der Waals surface area (Å²) < 4.78 is 22.8. The zero-order chi connectivity index (χ0) is 3.58. The Morgan fingerprint density at radius 2 is 1.33 bits per heavy atom. The van der Waals surface area contributed by atoms with Crippen molar-refractivity contribution in [1.82, 2.24) is 0 Å². The van der Waals surface area contributed by atoms with Gasteiger partial charge < -0.3 is 0 Å². The van der Waals surface area contributed by atoms with Gasteiger partial charge in [0.05, 0.1) is 0 Å². The number of hydrogen-bond donors (Lipinski definition) is 2. The Morgan fingerprint density at radius 3 is 1.33 bits per heavy atom. The molecule has 6 heteroatoms. The Morgan fingerprint density at radius 1 is 1.33 bits per heavy atom. The second-order valence-corrected chi connectivity index (χ2v) is 0.692. The first kappa shape index (κ1) is 15.6. The van der Waals surface area contributed by atoms with Gasteiger partial charge in [-0.25, -0.2) is 0 Å². The quantitative estimate of drug-likeness (QED) is 0.363. The molecule has 0 saturated carbocycles. The van der Waals surface area contributed by atoms with Gasteiger partial charge in [-0.2, -0.15) is 4.21 Å². The van der Waals surface area contributed by atoms with E-state index < -0.39 is 11.4 Å².